The molecule has 408 valence electrons. The van der Waals surface area contributed by atoms with E-state index >= 15 is 4.79 Å². The van der Waals surface area contributed by atoms with Crippen LogP contribution in [-0.2, 0) is 25.7 Å². The van der Waals surface area contributed by atoms with E-state index in [1.54, 1.807) is 65.6 Å². The second-order valence-corrected chi connectivity index (χ2v) is 19.6. The standard InChI is InChI=1S/C58H66N4O15/c1-4-28-74-58-52(61(35-38-16-23-49-51(30-38)73-36-72-49)53(65)25-17-37-14-18-40(19-15-37)62(67)68)34-47(60-77-54-13-7-10-29-71-54)44-31-39(11-5-8-26-63)43(12-6-9-27-64)55(56(44)58)45-32-42(21-24-48(45)76-58)75-57(66)59-46-22-20-41(69-2)33-50(46)70-3/h4,14-25,30-33,39,43,52,54-56,63-64H,1,5-13,26-29,34-36H2,2-3H3,(H,59,66)/t39-,43+,52-,54?,55+,56+,58+/m0/s1. The summed E-state index contributed by atoms with van der Waals surface area (Å²) in [6, 6.07) is 20.7. The van der Waals surface area contributed by atoms with Crippen LogP contribution in [0.1, 0.15) is 86.8 Å². The number of amides is 2. The normalized spacial score (nSPS) is 23.4. The number of nitrogens with one attached hydrogen (secondary N) is 1. The average molecular weight is 1060 g/mol. The van der Waals surface area contributed by atoms with Crippen LogP contribution in [-0.4, -0.2) is 103 Å². The van der Waals surface area contributed by atoms with E-state index in [-0.39, 0.29) is 62.9 Å². The number of rotatable bonds is 23. The first-order valence-electron chi connectivity index (χ1n) is 26.2. The van der Waals surface area contributed by atoms with Gasteiger partial charge in [0, 0.05) is 68.4 Å². The molecule has 4 aromatic carbocycles. The molecule has 1 saturated heterocycles. The van der Waals surface area contributed by atoms with Crippen LogP contribution in [0.25, 0.3) is 6.08 Å². The van der Waals surface area contributed by atoms with E-state index in [2.05, 4.69) is 18.0 Å². The summed E-state index contributed by atoms with van der Waals surface area (Å²) in [5, 5.41) is 39.5. The van der Waals surface area contributed by atoms with Crippen LogP contribution in [0.3, 0.4) is 0 Å². The molecule has 2 aliphatic carbocycles. The van der Waals surface area contributed by atoms with Gasteiger partial charge in [-0.05, 0) is 128 Å². The number of methoxy groups -OCH3 is 2. The van der Waals surface area contributed by atoms with Crippen molar-refractivity contribution in [2.45, 2.75) is 94.8 Å². The number of hydrogen-bond acceptors (Lipinski definition) is 16. The van der Waals surface area contributed by atoms with Gasteiger partial charge in [0.1, 0.15) is 29.0 Å². The van der Waals surface area contributed by atoms with Gasteiger partial charge in [0.15, 0.2) is 11.5 Å². The first kappa shape index (κ1) is 54.3. The predicted molar refractivity (Wildman–Crippen MR) is 284 cm³/mol. The van der Waals surface area contributed by atoms with Crippen molar-refractivity contribution in [2.75, 3.05) is 52.8 Å². The van der Waals surface area contributed by atoms with Crippen LogP contribution in [0.15, 0.2) is 114 Å². The highest BCUT2D eigenvalue weighted by atomic mass is 16.8. The number of anilines is 1. The number of benzene rings is 4. The zero-order valence-corrected chi connectivity index (χ0v) is 43.3. The number of nitro groups is 1. The molecule has 19 heteroatoms. The van der Waals surface area contributed by atoms with Gasteiger partial charge in [0.25, 0.3) is 5.69 Å². The third-order valence-corrected chi connectivity index (χ3v) is 14.9. The number of carbonyl (C=O) groups excluding carboxylic acids is 2. The summed E-state index contributed by atoms with van der Waals surface area (Å²) in [4.78, 5) is 48.3. The molecule has 0 bridgehead atoms. The van der Waals surface area contributed by atoms with Gasteiger partial charge >= 0.3 is 6.09 Å². The molecule has 0 radical (unpaired) electrons. The Kier molecular flexibility index (Phi) is 17.7. The van der Waals surface area contributed by atoms with Crippen molar-refractivity contribution in [2.24, 2.45) is 22.9 Å². The Bertz CT molecular complexity index is 2850. The lowest BCUT2D eigenvalue weighted by atomic mass is 9.55. The number of aliphatic hydroxyl groups excluding tert-OH is 2. The number of ether oxygens (including phenoxy) is 8. The molecule has 3 N–H and O–H groups in total. The SMILES string of the molecule is C=CCO[C@@]12Oc3ccc(OC(=O)Nc4ccc(OC)cc4OC)cc3[C@H]3[C@H](CCCCO)[C@@H](CCCCO)C=C(C(=NOC4CCCCO4)C[C@@H]1N(Cc1ccc4c(c1)OCO4)C(=O)C=Cc1ccc([N+](=O)[O-])cc1)[C@H]32. The number of oxime groups is 1. The number of unbranched alkanes of at least 4 members (excludes halogenated alkanes) is 2. The molecule has 3 aliphatic heterocycles. The summed E-state index contributed by atoms with van der Waals surface area (Å²) < 4.78 is 49.1. The van der Waals surface area contributed by atoms with Crippen molar-refractivity contribution < 1.29 is 67.5 Å². The van der Waals surface area contributed by atoms with Gasteiger partial charge in [-0.1, -0.05) is 36.2 Å². The van der Waals surface area contributed by atoms with Crippen molar-refractivity contribution in [1.82, 2.24) is 4.90 Å². The van der Waals surface area contributed by atoms with E-state index in [0.717, 1.165) is 30.4 Å². The van der Waals surface area contributed by atoms with Gasteiger partial charge in [-0.25, -0.2) is 4.79 Å². The number of allylic oxidation sites excluding steroid dienone is 1. The van der Waals surface area contributed by atoms with E-state index in [1.165, 1.54) is 32.4 Å². The number of fused-ring (bicyclic) bond motifs is 3. The Hall–Kier alpha value is -7.45. The molecular formula is C58H66N4O15. The lowest BCUT2D eigenvalue weighted by Gasteiger charge is -2.60. The first-order chi connectivity index (χ1) is 37.6. The number of carbonyl (C=O) groups is 2. The zero-order valence-electron chi connectivity index (χ0n) is 43.3. The largest absolute Gasteiger partial charge is 0.497 e. The van der Waals surface area contributed by atoms with Gasteiger partial charge in [0.2, 0.25) is 24.8 Å². The molecule has 19 nitrogen and oxygen atoms in total. The van der Waals surface area contributed by atoms with E-state index in [4.69, 9.17) is 47.9 Å². The van der Waals surface area contributed by atoms with Crippen LogP contribution in [0.5, 0.6) is 34.5 Å². The van der Waals surface area contributed by atoms with E-state index in [0.29, 0.717) is 96.4 Å². The third-order valence-electron chi connectivity index (χ3n) is 14.9. The maximum atomic E-state index is 15.4. The molecule has 1 unspecified atom stereocenters. The fourth-order valence-corrected chi connectivity index (χ4v) is 11.3. The van der Waals surface area contributed by atoms with Crippen LogP contribution in [0, 0.1) is 27.9 Å². The monoisotopic (exact) mass is 1060 g/mol. The molecule has 1 saturated carbocycles. The lowest BCUT2D eigenvalue weighted by Crippen LogP contribution is -2.70. The maximum absolute atomic E-state index is 15.4. The summed E-state index contributed by atoms with van der Waals surface area (Å²) in [6.07, 6.45) is 12.0. The van der Waals surface area contributed by atoms with Gasteiger partial charge in [-0.15, -0.1) is 6.58 Å². The molecule has 4 aromatic rings. The van der Waals surface area contributed by atoms with Crippen LogP contribution in [0.4, 0.5) is 16.2 Å². The second kappa shape index (κ2) is 25.1. The number of non-ortho nitro benzene ring substituents is 1. The minimum absolute atomic E-state index is 0.000968. The van der Waals surface area contributed by atoms with E-state index in [1.807, 2.05) is 18.2 Å². The number of aliphatic hydroxyl groups is 2. The minimum atomic E-state index is -1.65. The van der Waals surface area contributed by atoms with Crippen LogP contribution < -0.4 is 33.7 Å². The molecule has 5 aliphatic rings. The van der Waals surface area contributed by atoms with Crippen molar-refractivity contribution in [3.63, 3.8) is 0 Å². The highest BCUT2D eigenvalue weighted by Gasteiger charge is 2.65. The van der Waals surface area contributed by atoms with Gasteiger partial charge in [-0.3, -0.25) is 20.2 Å². The van der Waals surface area contributed by atoms with Gasteiger partial charge in [-0.2, -0.15) is 0 Å². The summed E-state index contributed by atoms with van der Waals surface area (Å²) >= 11 is 0. The third kappa shape index (κ3) is 12.2. The molecule has 7 atom stereocenters. The zero-order chi connectivity index (χ0) is 53.9. The summed E-state index contributed by atoms with van der Waals surface area (Å²) in [6.45, 7) is 4.69. The van der Waals surface area contributed by atoms with Crippen LogP contribution >= 0.6 is 0 Å². The summed E-state index contributed by atoms with van der Waals surface area (Å²) in [5.74, 6) is -0.786. The van der Waals surface area contributed by atoms with E-state index in [9.17, 15) is 25.1 Å². The maximum Gasteiger partial charge on any atom is 0.417 e. The van der Waals surface area contributed by atoms with Crippen molar-refractivity contribution in [3.8, 4) is 34.5 Å². The summed E-state index contributed by atoms with van der Waals surface area (Å²) in [7, 11) is 3.02. The predicted octanol–water partition coefficient (Wildman–Crippen LogP) is 9.85. The average Bonchev–Trinajstić information content (AvgIpc) is 4.08. The van der Waals surface area contributed by atoms with Crippen molar-refractivity contribution in [1.29, 1.82) is 0 Å². The van der Waals surface area contributed by atoms with Gasteiger partial charge in [0.05, 0.1) is 49.7 Å². The number of nitrogens with zero attached hydrogens (tertiary/aromatic N) is 3. The minimum Gasteiger partial charge on any atom is -0.497 e. The molecule has 0 aromatic heterocycles. The van der Waals surface area contributed by atoms with Crippen molar-refractivity contribution in [3.05, 3.63) is 136 Å². The first-order valence-corrected chi connectivity index (χ1v) is 26.2. The Labute approximate surface area is 447 Å². The fourth-order valence-electron chi connectivity index (χ4n) is 11.3. The molecular weight excluding hydrogens is 993 g/mol. The quantitative estimate of drug-likeness (QED) is 0.0206. The Morgan fingerprint density at radius 1 is 0.922 bits per heavy atom. The molecule has 77 heavy (non-hydrogen) atoms. The summed E-state index contributed by atoms with van der Waals surface area (Å²) in [5.41, 5.74) is 3.65. The fraction of sp³-hybridized carbons (Fsp3) is 0.431. The lowest BCUT2D eigenvalue weighted by molar-refractivity contribution is -0.384. The Balaban J connectivity index is 1.21. The Morgan fingerprint density at radius 2 is 1.70 bits per heavy atom. The topological polar surface area (TPSA) is 228 Å². The highest BCUT2D eigenvalue weighted by molar-refractivity contribution is 6.03. The molecule has 3 heterocycles. The van der Waals surface area contributed by atoms with Crippen LogP contribution in [0.2, 0.25) is 0 Å². The molecule has 2 amide bonds. The second-order valence-electron chi connectivity index (χ2n) is 19.6. The number of nitro benzene ring substituents is 1. The van der Waals surface area contributed by atoms with E-state index < -0.39 is 46.9 Å². The molecule has 9 rings (SSSR count). The van der Waals surface area contributed by atoms with Crippen molar-refractivity contribution >= 4 is 35.2 Å². The van der Waals surface area contributed by atoms with Gasteiger partial charge < -0.3 is 57.8 Å². The highest BCUT2D eigenvalue weighted by Crippen LogP contribution is 2.62. The Morgan fingerprint density at radius 3 is 2.44 bits per heavy atom. The number of hydrogen-bond donors (Lipinski definition) is 3. The molecule has 0 spiro atoms. The smallest absolute Gasteiger partial charge is 0.417 e. The molecule has 2 fully saturated rings.